The van der Waals surface area contributed by atoms with E-state index in [9.17, 15) is 0 Å². The molecule has 5 aromatic carbocycles. The molecule has 2 unspecified atom stereocenters. The van der Waals surface area contributed by atoms with Crippen LogP contribution < -0.4 is 20.4 Å². The second-order valence-electron chi connectivity index (χ2n) is 14.2. The monoisotopic (exact) mass is 664 g/mol. The van der Waals surface area contributed by atoms with Crippen molar-refractivity contribution in [1.82, 2.24) is 9.55 Å². The molecule has 0 bridgehead atoms. The summed E-state index contributed by atoms with van der Waals surface area (Å²) in [4.78, 5) is 5.59. The summed E-state index contributed by atoms with van der Waals surface area (Å²) < 4.78 is 15.7. The minimum absolute atomic E-state index is 0.502. The van der Waals surface area contributed by atoms with Crippen LogP contribution in [-0.2, 0) is 0 Å². The van der Waals surface area contributed by atoms with Gasteiger partial charge >= 0.3 is 0 Å². The minimum Gasteiger partial charge on any atom is -0.493 e. The molecule has 1 heterocycles. The van der Waals surface area contributed by atoms with Gasteiger partial charge < -0.3 is 9.47 Å². The quantitative estimate of drug-likeness (QED) is 0.0720. The van der Waals surface area contributed by atoms with Gasteiger partial charge in [-0.2, -0.15) is 0 Å². The number of nitrogens with zero attached hydrogens (tertiary/aromatic N) is 2. The van der Waals surface area contributed by atoms with Crippen molar-refractivity contribution in [1.29, 1.82) is 0 Å². The lowest BCUT2D eigenvalue weighted by Crippen LogP contribution is -2.13. The number of hydrogen-bond donors (Lipinski definition) is 0. The van der Waals surface area contributed by atoms with E-state index in [0.717, 1.165) is 66.3 Å². The lowest BCUT2D eigenvalue weighted by Gasteiger charge is -2.20. The van der Waals surface area contributed by atoms with Crippen molar-refractivity contribution in [2.75, 3.05) is 13.2 Å². The Morgan fingerprint density at radius 3 is 2.08 bits per heavy atom. The molecule has 0 amide bonds. The highest BCUT2D eigenvalue weighted by molar-refractivity contribution is 6.52. The fraction of sp³-hybridized carbons (Fsp3) is 0.386. The molecule has 0 N–H and O–H groups in total. The molecule has 2 atom stereocenters. The Hall–Kier alpha value is -4.18. The summed E-state index contributed by atoms with van der Waals surface area (Å²) in [5, 5.41) is 4.90. The highest BCUT2D eigenvalue weighted by atomic mass is 16.5. The van der Waals surface area contributed by atoms with Crippen LogP contribution in [0.4, 0.5) is 0 Å². The molecule has 6 aromatic rings. The predicted octanol–water partition coefficient (Wildman–Crippen LogP) is 9.56. The molecule has 50 heavy (non-hydrogen) atoms. The molecule has 4 nitrogen and oxygen atoms in total. The number of unbranched alkanes of at least 4 members (excludes halogenated alkanes) is 2. The average Bonchev–Trinajstić information content (AvgIpc) is 3.56. The van der Waals surface area contributed by atoms with Crippen molar-refractivity contribution < 1.29 is 9.47 Å². The summed E-state index contributed by atoms with van der Waals surface area (Å²) in [5.41, 5.74) is 6.78. The Balaban J connectivity index is 1.58. The van der Waals surface area contributed by atoms with Crippen LogP contribution in [0.3, 0.4) is 0 Å². The van der Waals surface area contributed by atoms with E-state index < -0.39 is 0 Å². The average molecular weight is 665 g/mol. The number of benzene rings is 5. The van der Waals surface area contributed by atoms with Crippen LogP contribution in [0.15, 0.2) is 84.9 Å². The second kappa shape index (κ2) is 16.7. The van der Waals surface area contributed by atoms with Gasteiger partial charge in [0.1, 0.15) is 25.2 Å². The molecule has 0 spiro atoms. The zero-order chi connectivity index (χ0) is 35.0. The van der Waals surface area contributed by atoms with Gasteiger partial charge in [-0.1, -0.05) is 139 Å². The Kier molecular flexibility index (Phi) is 11.9. The summed E-state index contributed by atoms with van der Waals surface area (Å²) in [7, 11) is 3.15. The normalized spacial score (nSPS) is 12.8. The summed E-state index contributed by atoms with van der Waals surface area (Å²) in [6.07, 6.45) is 9.47. The van der Waals surface area contributed by atoms with E-state index in [0.29, 0.717) is 18.4 Å². The lowest BCUT2D eigenvalue weighted by atomic mass is 9.72. The molecule has 6 rings (SSSR count). The number of para-hydroxylation sites is 1. The molecule has 0 aliphatic rings. The predicted molar refractivity (Wildman–Crippen MR) is 220 cm³/mol. The van der Waals surface area contributed by atoms with Crippen LogP contribution in [0, 0.1) is 11.8 Å². The van der Waals surface area contributed by atoms with E-state index in [1.807, 2.05) is 0 Å². The first-order chi connectivity index (χ1) is 24.5. The largest absolute Gasteiger partial charge is 0.493 e. The van der Waals surface area contributed by atoms with E-state index in [2.05, 4.69) is 132 Å². The second-order valence-corrected chi connectivity index (χ2v) is 14.2. The SMILES string of the molecule is Bc1ccc2c3ccc(BC)cc3c3nc(-c4ccc(OCC(CC)CCCC)cc4OCC(CC)CCCC)n(-c4ccccc4)c3c2c1. The molecule has 1 aromatic heterocycles. The molecule has 0 aliphatic carbocycles. The molecule has 0 saturated heterocycles. The standard InChI is InChI=1S/C44H54B2N2O2/c1-6-10-15-30(8-3)28-49-35-21-24-38(41(27-35)50-29-31(9-4)16-11-7-2)44-47-42-39-26-33(46-5)20-23-36(39)37-22-19-32(45)25-40(37)43(42)48(44)34-17-13-12-14-18-34/h12-14,17-27,30-31,46H,6-11,15-16,28-29,45H2,1-5H3. The van der Waals surface area contributed by atoms with Crippen LogP contribution in [0.1, 0.15) is 79.1 Å². The summed E-state index contributed by atoms with van der Waals surface area (Å²) in [6, 6.07) is 30.9. The highest BCUT2D eigenvalue weighted by Crippen LogP contribution is 2.42. The molecular weight excluding hydrogens is 610 g/mol. The van der Waals surface area contributed by atoms with Crippen molar-refractivity contribution in [3.63, 3.8) is 0 Å². The zero-order valence-corrected chi connectivity index (χ0v) is 31.2. The molecule has 0 radical (unpaired) electrons. The summed E-state index contributed by atoms with van der Waals surface area (Å²) in [6.45, 7) is 12.7. The lowest BCUT2D eigenvalue weighted by molar-refractivity contribution is 0.223. The fourth-order valence-corrected chi connectivity index (χ4v) is 7.31. The zero-order valence-electron chi connectivity index (χ0n) is 31.2. The van der Waals surface area contributed by atoms with Gasteiger partial charge in [0.15, 0.2) is 7.28 Å². The smallest absolute Gasteiger partial charge is 0.154 e. The minimum atomic E-state index is 0.502. The third kappa shape index (κ3) is 7.60. The Bertz CT molecular complexity index is 2040. The first-order valence-corrected chi connectivity index (χ1v) is 19.3. The van der Waals surface area contributed by atoms with Crippen molar-refractivity contribution >= 4 is 58.6 Å². The highest BCUT2D eigenvalue weighted by Gasteiger charge is 2.23. The van der Waals surface area contributed by atoms with Crippen molar-refractivity contribution in [2.45, 2.75) is 85.9 Å². The topological polar surface area (TPSA) is 36.3 Å². The molecular formula is C44H54B2N2O2. The van der Waals surface area contributed by atoms with E-state index in [-0.39, 0.29) is 0 Å². The van der Waals surface area contributed by atoms with Crippen LogP contribution in [-0.4, -0.2) is 37.9 Å². The Morgan fingerprint density at radius 1 is 0.720 bits per heavy atom. The van der Waals surface area contributed by atoms with E-state index >= 15 is 0 Å². The van der Waals surface area contributed by atoms with E-state index in [4.69, 9.17) is 14.5 Å². The maximum atomic E-state index is 6.86. The van der Waals surface area contributed by atoms with Crippen molar-refractivity contribution in [2.24, 2.45) is 11.8 Å². The van der Waals surface area contributed by atoms with Crippen LogP contribution >= 0.6 is 0 Å². The van der Waals surface area contributed by atoms with Gasteiger partial charge in [-0.25, -0.2) is 4.98 Å². The van der Waals surface area contributed by atoms with Gasteiger partial charge in [0.05, 0.1) is 29.8 Å². The van der Waals surface area contributed by atoms with Gasteiger partial charge in [0.2, 0.25) is 0 Å². The van der Waals surface area contributed by atoms with Gasteiger partial charge in [-0.3, -0.25) is 4.57 Å². The maximum Gasteiger partial charge on any atom is 0.154 e. The van der Waals surface area contributed by atoms with Crippen molar-refractivity contribution in [3.8, 4) is 28.6 Å². The van der Waals surface area contributed by atoms with Gasteiger partial charge in [0.25, 0.3) is 0 Å². The molecule has 0 saturated carbocycles. The first kappa shape index (κ1) is 35.6. The van der Waals surface area contributed by atoms with E-state index in [1.54, 1.807) is 0 Å². The molecule has 6 heteroatoms. The third-order valence-corrected chi connectivity index (χ3v) is 10.6. The number of rotatable bonds is 17. The summed E-state index contributed by atoms with van der Waals surface area (Å²) >= 11 is 0. The van der Waals surface area contributed by atoms with Gasteiger partial charge in [-0.05, 0) is 59.7 Å². The molecule has 258 valence electrons. The van der Waals surface area contributed by atoms with Gasteiger partial charge in [-0.15, -0.1) is 0 Å². The van der Waals surface area contributed by atoms with Crippen LogP contribution in [0.5, 0.6) is 11.5 Å². The van der Waals surface area contributed by atoms with Crippen LogP contribution in [0.2, 0.25) is 6.82 Å². The number of aromatic nitrogens is 2. The number of imidazole rings is 1. The van der Waals surface area contributed by atoms with E-state index in [1.165, 1.54) is 71.0 Å². The third-order valence-electron chi connectivity index (χ3n) is 10.6. The Labute approximate surface area is 301 Å². The number of hydrogen-bond acceptors (Lipinski definition) is 3. The first-order valence-electron chi connectivity index (χ1n) is 19.3. The number of fused-ring (bicyclic) bond motifs is 6. The maximum absolute atomic E-state index is 6.86. The Morgan fingerprint density at radius 2 is 1.40 bits per heavy atom. The molecule has 0 fully saturated rings. The summed E-state index contributed by atoms with van der Waals surface area (Å²) in [5.74, 6) is 3.65. The molecule has 0 aliphatic heterocycles. The number of ether oxygens (including phenoxy) is 2. The van der Waals surface area contributed by atoms with Crippen LogP contribution in [0.25, 0.3) is 49.7 Å². The van der Waals surface area contributed by atoms with Gasteiger partial charge in [0, 0.05) is 22.5 Å². The fourth-order valence-electron chi connectivity index (χ4n) is 7.31. The van der Waals surface area contributed by atoms with Crippen molar-refractivity contribution in [3.05, 3.63) is 84.9 Å².